The van der Waals surface area contributed by atoms with Crippen molar-refractivity contribution in [2.45, 2.75) is 51.6 Å². The standard InChI is InChI=1S/C48H54ClF3N5O10PS3/c49-37-14-10-34(11-15-37)42-8-4-5-9-43(42)46(58)35-20-24-57(25-21-35)39-16-12-36(13-17-39)47(59)54-71(65,66)41-18-19-44(45(32-41)70(63,64)48(50,51)52)53-38(33-69-40-6-2-1-3-7-40)22-23-55-26-28-56(29-27-55)30-31-67-68(60,61)62/h1-19,32,35,38,46,53,58H,20-31,33H2,(H,54,59)(H2,60,61,62)/t38-,46?/m1/s1. The minimum absolute atomic E-state index is 0.0361. The summed E-state index contributed by atoms with van der Waals surface area (Å²) < 4.78 is 114. The fourth-order valence-electron chi connectivity index (χ4n) is 8.57. The van der Waals surface area contributed by atoms with Gasteiger partial charge in [0.25, 0.3) is 25.8 Å². The molecule has 7 rings (SSSR count). The quantitative estimate of drug-likeness (QED) is 0.0369. The number of sulfone groups is 1. The summed E-state index contributed by atoms with van der Waals surface area (Å²) in [4.78, 5) is 36.1. The Morgan fingerprint density at radius 3 is 2.07 bits per heavy atom. The predicted octanol–water partition coefficient (Wildman–Crippen LogP) is 8.06. The normalized spacial score (nSPS) is 16.6. The summed E-state index contributed by atoms with van der Waals surface area (Å²) >= 11 is 7.49. The molecule has 1 unspecified atom stereocenters. The zero-order valence-electron chi connectivity index (χ0n) is 38.2. The second kappa shape index (κ2) is 23.6. The van der Waals surface area contributed by atoms with E-state index in [2.05, 4.69) is 19.6 Å². The van der Waals surface area contributed by atoms with Crippen LogP contribution in [-0.4, -0.2) is 124 Å². The Labute approximate surface area is 420 Å². The monoisotopic (exact) mass is 1080 g/mol. The van der Waals surface area contributed by atoms with Gasteiger partial charge in [-0.2, -0.15) is 13.2 Å². The molecule has 0 aromatic heterocycles. The van der Waals surface area contributed by atoms with E-state index < -0.39 is 66.7 Å². The first-order valence-electron chi connectivity index (χ1n) is 22.7. The Morgan fingerprint density at radius 1 is 0.817 bits per heavy atom. The third kappa shape index (κ3) is 14.6. The number of carbonyl (C=O) groups excluding carboxylic acids is 1. The van der Waals surface area contributed by atoms with E-state index >= 15 is 0 Å². The number of hydrogen-bond acceptors (Lipinski definition) is 13. The van der Waals surface area contributed by atoms with E-state index in [9.17, 15) is 44.5 Å². The molecule has 0 saturated carbocycles. The molecule has 15 nitrogen and oxygen atoms in total. The number of hydrogen-bond donors (Lipinski definition) is 5. The number of alkyl halides is 3. The number of halogens is 4. The maximum absolute atomic E-state index is 14.3. The minimum Gasteiger partial charge on any atom is -0.388 e. The van der Waals surface area contributed by atoms with Gasteiger partial charge >= 0.3 is 13.3 Å². The van der Waals surface area contributed by atoms with Gasteiger partial charge in [-0.1, -0.05) is 66.2 Å². The van der Waals surface area contributed by atoms with E-state index in [-0.39, 0.29) is 23.8 Å². The van der Waals surface area contributed by atoms with Gasteiger partial charge in [0.15, 0.2) is 0 Å². The number of piperazine rings is 1. The molecule has 2 fully saturated rings. The van der Waals surface area contributed by atoms with Crippen LogP contribution in [0.25, 0.3) is 11.1 Å². The lowest BCUT2D eigenvalue weighted by Gasteiger charge is -2.36. The van der Waals surface area contributed by atoms with Crippen LogP contribution >= 0.6 is 31.2 Å². The minimum atomic E-state index is -6.14. The molecule has 382 valence electrons. The van der Waals surface area contributed by atoms with Crippen LogP contribution in [-0.2, 0) is 28.9 Å². The lowest BCUT2D eigenvalue weighted by atomic mass is 9.84. The molecular formula is C48H54ClF3N5O10PS3. The maximum atomic E-state index is 14.3. The number of phosphoric acid groups is 1. The van der Waals surface area contributed by atoms with E-state index in [1.807, 2.05) is 76.4 Å². The summed E-state index contributed by atoms with van der Waals surface area (Å²) in [5, 5.41) is 15.1. The smallest absolute Gasteiger partial charge is 0.388 e. The average molecular weight is 1080 g/mol. The Kier molecular flexibility index (Phi) is 18.0. The summed E-state index contributed by atoms with van der Waals surface area (Å²) in [6, 6.07) is 32.1. The van der Waals surface area contributed by atoms with E-state index in [1.165, 1.54) is 23.9 Å². The number of aliphatic hydroxyl groups is 1. The van der Waals surface area contributed by atoms with E-state index in [0.29, 0.717) is 82.7 Å². The first-order valence-corrected chi connectivity index (χ1v) is 28.5. The number of anilines is 2. The molecule has 0 spiro atoms. The molecular weight excluding hydrogens is 1030 g/mol. The van der Waals surface area contributed by atoms with Crippen LogP contribution in [0, 0.1) is 5.92 Å². The van der Waals surface area contributed by atoms with Gasteiger partial charge < -0.3 is 30.0 Å². The average Bonchev–Trinajstić information content (AvgIpc) is 3.35. The van der Waals surface area contributed by atoms with E-state index in [1.54, 1.807) is 24.3 Å². The van der Waals surface area contributed by atoms with Crippen LogP contribution in [0.5, 0.6) is 0 Å². The Bertz CT molecular complexity index is 2870. The van der Waals surface area contributed by atoms with Crippen LogP contribution in [0.3, 0.4) is 0 Å². The van der Waals surface area contributed by atoms with Gasteiger partial charge in [0, 0.05) is 85.3 Å². The molecule has 5 aromatic carbocycles. The number of aliphatic hydroxyl groups excluding tert-OH is 1. The Morgan fingerprint density at radius 2 is 1.44 bits per heavy atom. The summed E-state index contributed by atoms with van der Waals surface area (Å²) in [6.07, 6.45) is 0.937. The van der Waals surface area contributed by atoms with Gasteiger partial charge in [0.05, 0.1) is 23.3 Å². The SMILES string of the molecule is O=C(NS(=O)(=O)c1ccc(N[C@H](CCN2CCN(CCOP(=O)(O)O)CC2)CSc2ccccc2)c(S(=O)(=O)C(F)(F)F)c1)c1ccc(N2CCC(C(O)c3ccccc3-c3ccc(Cl)cc3)CC2)cc1. The molecule has 2 saturated heterocycles. The van der Waals surface area contributed by atoms with Gasteiger partial charge in [-0.25, -0.2) is 26.1 Å². The summed E-state index contributed by atoms with van der Waals surface area (Å²) in [5.74, 6) is -0.841. The third-order valence-corrected chi connectivity index (χ3v) is 17.3. The van der Waals surface area contributed by atoms with Crippen molar-refractivity contribution in [3.05, 3.63) is 137 Å². The van der Waals surface area contributed by atoms with E-state index in [4.69, 9.17) is 21.4 Å². The molecule has 5 aromatic rings. The Balaban J connectivity index is 1.01. The highest BCUT2D eigenvalue weighted by Gasteiger charge is 2.48. The van der Waals surface area contributed by atoms with E-state index in [0.717, 1.165) is 39.4 Å². The number of amides is 1. The van der Waals surface area contributed by atoms with Gasteiger partial charge in [-0.05, 0) is 109 Å². The molecule has 0 aliphatic carbocycles. The number of benzene rings is 5. The number of phosphoric ester groups is 1. The van der Waals surface area contributed by atoms with Crippen molar-refractivity contribution in [2.24, 2.45) is 5.92 Å². The number of nitrogens with zero attached hydrogens (tertiary/aromatic N) is 3. The van der Waals surface area contributed by atoms with Crippen molar-refractivity contribution in [2.75, 3.05) is 74.9 Å². The fourth-order valence-corrected chi connectivity index (χ4v) is 12.0. The highest BCUT2D eigenvalue weighted by Crippen LogP contribution is 2.39. The first kappa shape index (κ1) is 54.3. The van der Waals surface area contributed by atoms with Gasteiger partial charge in [0.2, 0.25) is 0 Å². The summed E-state index contributed by atoms with van der Waals surface area (Å²) in [7, 11) is -15.7. The van der Waals surface area contributed by atoms with Crippen LogP contribution in [0.15, 0.2) is 136 Å². The molecule has 2 aliphatic rings. The van der Waals surface area contributed by atoms with Crippen molar-refractivity contribution in [3.63, 3.8) is 0 Å². The first-order chi connectivity index (χ1) is 33.7. The molecule has 0 bridgehead atoms. The summed E-state index contributed by atoms with van der Waals surface area (Å²) in [6.45, 7) is 4.03. The van der Waals surface area contributed by atoms with Gasteiger partial charge in [-0.3, -0.25) is 14.2 Å². The second-order valence-electron chi connectivity index (χ2n) is 17.2. The van der Waals surface area contributed by atoms with Crippen LogP contribution < -0.4 is 14.9 Å². The molecule has 23 heteroatoms. The fraction of sp³-hybridized carbons (Fsp3) is 0.354. The maximum Gasteiger partial charge on any atom is 0.501 e. The van der Waals surface area contributed by atoms with Crippen molar-refractivity contribution in [1.82, 2.24) is 14.5 Å². The zero-order valence-corrected chi connectivity index (χ0v) is 42.3. The zero-order chi connectivity index (χ0) is 51.0. The largest absolute Gasteiger partial charge is 0.501 e. The topological polar surface area (TPSA) is 206 Å². The molecule has 0 radical (unpaired) electrons. The molecule has 2 aliphatic heterocycles. The Hall–Kier alpha value is -4.51. The van der Waals surface area contributed by atoms with Crippen molar-refractivity contribution in [3.8, 4) is 11.1 Å². The molecule has 71 heavy (non-hydrogen) atoms. The van der Waals surface area contributed by atoms with Crippen molar-refractivity contribution in [1.29, 1.82) is 0 Å². The lowest BCUT2D eigenvalue weighted by Crippen LogP contribution is -2.48. The highest BCUT2D eigenvalue weighted by atomic mass is 35.5. The number of rotatable bonds is 20. The van der Waals surface area contributed by atoms with Crippen LogP contribution in [0.1, 0.15) is 41.3 Å². The predicted molar refractivity (Wildman–Crippen MR) is 268 cm³/mol. The number of thioether (sulfide) groups is 1. The van der Waals surface area contributed by atoms with Crippen LogP contribution in [0.4, 0.5) is 24.5 Å². The van der Waals surface area contributed by atoms with Gasteiger partial charge in [0.1, 0.15) is 4.90 Å². The number of sulfonamides is 1. The van der Waals surface area contributed by atoms with Crippen molar-refractivity contribution >= 4 is 68.3 Å². The third-order valence-electron chi connectivity index (χ3n) is 12.5. The lowest BCUT2D eigenvalue weighted by molar-refractivity contribution is -0.0436. The molecule has 5 N–H and O–H groups in total. The number of nitrogens with one attached hydrogen (secondary N) is 2. The van der Waals surface area contributed by atoms with Crippen LogP contribution in [0.2, 0.25) is 5.02 Å². The molecule has 2 heterocycles. The summed E-state index contributed by atoms with van der Waals surface area (Å²) in [5.41, 5.74) is -2.93. The highest BCUT2D eigenvalue weighted by molar-refractivity contribution is 7.99. The molecule has 1 amide bonds. The number of carbonyl (C=O) groups is 1. The molecule has 2 atom stereocenters. The second-order valence-corrected chi connectivity index (χ2v) is 23.6. The number of piperidine rings is 1. The van der Waals surface area contributed by atoms with Crippen molar-refractivity contribution < 1.29 is 58.8 Å². The van der Waals surface area contributed by atoms with Gasteiger partial charge in [-0.15, -0.1) is 11.8 Å².